The second-order valence-corrected chi connectivity index (χ2v) is 11.1. The zero-order valence-corrected chi connectivity index (χ0v) is 24.9. The number of hydrogen-bond acceptors (Lipinski definition) is 9. The maximum Gasteiger partial charge on any atom is 0.303 e. The lowest BCUT2D eigenvalue weighted by Gasteiger charge is -2.16. The van der Waals surface area contributed by atoms with Crippen molar-refractivity contribution < 1.29 is 52.7 Å². The number of benzene rings is 2. The molecule has 0 aliphatic carbocycles. The largest absolute Gasteiger partial charge is 0.493 e. The van der Waals surface area contributed by atoms with Crippen molar-refractivity contribution in [1.29, 1.82) is 0 Å². The highest BCUT2D eigenvalue weighted by Gasteiger charge is 2.29. The fraction of sp³-hybridized carbons (Fsp3) is 0.379. The first-order valence-electron chi connectivity index (χ1n) is 13.2. The molecule has 0 spiro atoms. The van der Waals surface area contributed by atoms with Gasteiger partial charge < -0.3 is 34.1 Å². The molecule has 2 aromatic carbocycles. The minimum Gasteiger partial charge on any atom is -0.493 e. The summed E-state index contributed by atoms with van der Waals surface area (Å²) in [5.41, 5.74) is 1.47. The van der Waals surface area contributed by atoms with Crippen molar-refractivity contribution in [3.63, 3.8) is 0 Å². The van der Waals surface area contributed by atoms with Crippen LogP contribution in [0.1, 0.15) is 52.9 Å². The van der Waals surface area contributed by atoms with Crippen LogP contribution in [0.4, 0.5) is 4.39 Å². The Bertz CT molecular complexity index is 1570. The maximum atomic E-state index is 15.4. The van der Waals surface area contributed by atoms with E-state index in [1.165, 1.54) is 25.2 Å². The third-order valence-electron chi connectivity index (χ3n) is 6.74. The summed E-state index contributed by atoms with van der Waals surface area (Å²) in [7, 11) is 2.83. The summed E-state index contributed by atoms with van der Waals surface area (Å²) >= 11 is 7.68. The third kappa shape index (κ3) is 7.28. The lowest BCUT2D eigenvalue weighted by atomic mass is 10.1. The van der Waals surface area contributed by atoms with E-state index < -0.39 is 17.8 Å². The number of nitrogens with zero attached hydrogens (tertiary/aromatic N) is 1. The van der Waals surface area contributed by atoms with Crippen molar-refractivity contribution in [2.45, 2.75) is 45.2 Å². The molecule has 4 rings (SSSR count). The van der Waals surface area contributed by atoms with Gasteiger partial charge in [0.1, 0.15) is 0 Å². The fourth-order valence-corrected chi connectivity index (χ4v) is 5.95. The van der Waals surface area contributed by atoms with E-state index in [9.17, 15) is 19.2 Å². The average molecular weight is 638 g/mol. The standard InChI is InChI=1S/C29H29ClFNO10S/c1-39-19-10-15-13-32(23(34)5-7-25(37)38)14-17(15)26(30)28(19)41-8-3-9-42-29-20(40-2)12-21-16(27(29)31)11-22(43-21)18(33)4-6-24(35)36/h10-12H,3-9,13-14H2,1-2H3,(H,35,36)(H,37,38). The van der Waals surface area contributed by atoms with Crippen molar-refractivity contribution in [2.24, 2.45) is 0 Å². The predicted octanol–water partition coefficient (Wildman–Crippen LogP) is 5.31. The normalized spacial score (nSPS) is 12.2. The summed E-state index contributed by atoms with van der Waals surface area (Å²) in [6.45, 7) is 0.665. The highest BCUT2D eigenvalue weighted by molar-refractivity contribution is 7.20. The van der Waals surface area contributed by atoms with Gasteiger partial charge in [-0.25, -0.2) is 4.39 Å². The summed E-state index contributed by atoms with van der Waals surface area (Å²) in [5.74, 6) is -2.85. The molecular weight excluding hydrogens is 609 g/mol. The van der Waals surface area contributed by atoms with Crippen molar-refractivity contribution in [2.75, 3.05) is 27.4 Å². The molecular formula is C29H29ClFNO10S. The number of carbonyl (C=O) groups excluding carboxylic acids is 2. The molecule has 1 aromatic heterocycles. The van der Waals surface area contributed by atoms with Crippen molar-refractivity contribution in [3.05, 3.63) is 45.0 Å². The number of Topliss-reactive ketones (excluding diaryl/α,β-unsaturated/α-hetero) is 1. The number of halogens is 2. The molecule has 1 amide bonds. The summed E-state index contributed by atoms with van der Waals surface area (Å²) in [5, 5.41) is 18.1. The molecule has 14 heteroatoms. The number of rotatable bonds is 15. The summed E-state index contributed by atoms with van der Waals surface area (Å²) in [6.07, 6.45) is -0.555. The van der Waals surface area contributed by atoms with E-state index in [1.807, 2.05) is 0 Å². The predicted molar refractivity (Wildman–Crippen MR) is 154 cm³/mol. The van der Waals surface area contributed by atoms with Crippen LogP contribution in [-0.4, -0.2) is 66.2 Å². The molecule has 1 aliphatic heterocycles. The second kappa shape index (κ2) is 13.9. The van der Waals surface area contributed by atoms with E-state index in [0.29, 0.717) is 22.4 Å². The molecule has 43 heavy (non-hydrogen) atoms. The van der Waals surface area contributed by atoms with Gasteiger partial charge >= 0.3 is 11.9 Å². The van der Waals surface area contributed by atoms with Crippen LogP contribution in [-0.2, 0) is 27.5 Å². The molecule has 1 aliphatic rings. The quantitative estimate of drug-likeness (QED) is 0.166. The molecule has 2 N–H and O–H groups in total. The van der Waals surface area contributed by atoms with Gasteiger partial charge in [0.05, 0.1) is 50.2 Å². The smallest absolute Gasteiger partial charge is 0.303 e. The number of aliphatic carboxylic acids is 2. The van der Waals surface area contributed by atoms with Crippen LogP contribution in [0.3, 0.4) is 0 Å². The Labute approximate surface area is 254 Å². The van der Waals surface area contributed by atoms with E-state index in [2.05, 4.69) is 0 Å². The Morgan fingerprint density at radius 2 is 1.53 bits per heavy atom. The molecule has 0 atom stereocenters. The van der Waals surface area contributed by atoms with Crippen LogP contribution in [0.15, 0.2) is 18.2 Å². The topological polar surface area (TPSA) is 149 Å². The number of thiophene rings is 1. The lowest BCUT2D eigenvalue weighted by molar-refractivity contribution is -0.141. The fourth-order valence-electron chi connectivity index (χ4n) is 4.57. The summed E-state index contributed by atoms with van der Waals surface area (Å²) in [4.78, 5) is 48.2. The molecule has 0 saturated heterocycles. The molecule has 0 saturated carbocycles. The summed E-state index contributed by atoms with van der Waals surface area (Å²) in [6, 6.07) is 4.68. The SMILES string of the molecule is COc1cc2c(c(Cl)c1OCCCOc1c(OC)cc3sc(C(=O)CCC(=O)O)cc3c1F)CN(C(=O)CCC(=O)O)C2. The zero-order valence-electron chi connectivity index (χ0n) is 23.4. The van der Waals surface area contributed by atoms with E-state index in [0.717, 1.165) is 16.9 Å². The first-order valence-corrected chi connectivity index (χ1v) is 14.4. The van der Waals surface area contributed by atoms with E-state index in [-0.39, 0.29) is 96.2 Å². The Hall–Kier alpha value is -4.10. The maximum absolute atomic E-state index is 15.4. The number of carboxylic acids is 2. The highest BCUT2D eigenvalue weighted by atomic mass is 35.5. The Kier molecular flexibility index (Phi) is 10.3. The number of carboxylic acid groups (broad SMARTS) is 2. The van der Waals surface area contributed by atoms with Crippen LogP contribution in [0.25, 0.3) is 10.1 Å². The van der Waals surface area contributed by atoms with Crippen LogP contribution < -0.4 is 18.9 Å². The van der Waals surface area contributed by atoms with E-state index >= 15 is 4.39 Å². The van der Waals surface area contributed by atoms with Gasteiger partial charge in [-0.15, -0.1) is 11.3 Å². The molecule has 11 nitrogen and oxygen atoms in total. The van der Waals surface area contributed by atoms with Gasteiger partial charge in [-0.3, -0.25) is 19.2 Å². The van der Waals surface area contributed by atoms with Crippen LogP contribution in [0, 0.1) is 5.82 Å². The molecule has 0 fully saturated rings. The minimum absolute atomic E-state index is 0.0457. The van der Waals surface area contributed by atoms with Gasteiger partial charge in [0.2, 0.25) is 5.91 Å². The van der Waals surface area contributed by atoms with Crippen LogP contribution in [0.2, 0.25) is 5.02 Å². The molecule has 3 aromatic rings. The van der Waals surface area contributed by atoms with Gasteiger partial charge in [-0.05, 0) is 23.3 Å². The number of carbonyl (C=O) groups is 4. The number of fused-ring (bicyclic) bond motifs is 2. The van der Waals surface area contributed by atoms with Crippen molar-refractivity contribution >= 4 is 56.7 Å². The van der Waals surface area contributed by atoms with Gasteiger partial charge in [0, 0.05) is 48.5 Å². The minimum atomic E-state index is -1.09. The van der Waals surface area contributed by atoms with Crippen molar-refractivity contribution in [1.82, 2.24) is 4.90 Å². The molecule has 0 radical (unpaired) electrons. The number of methoxy groups -OCH3 is 2. The van der Waals surface area contributed by atoms with Gasteiger partial charge in [0.15, 0.2) is 34.6 Å². The Morgan fingerprint density at radius 1 is 0.907 bits per heavy atom. The van der Waals surface area contributed by atoms with E-state index in [1.54, 1.807) is 12.1 Å². The molecule has 230 valence electrons. The van der Waals surface area contributed by atoms with E-state index in [4.69, 9.17) is 40.8 Å². The van der Waals surface area contributed by atoms with Crippen LogP contribution in [0.5, 0.6) is 23.0 Å². The second-order valence-electron chi connectivity index (χ2n) is 9.61. The number of amides is 1. The Morgan fingerprint density at radius 3 is 2.19 bits per heavy atom. The number of hydrogen-bond donors (Lipinski definition) is 2. The van der Waals surface area contributed by atoms with Crippen molar-refractivity contribution in [3.8, 4) is 23.0 Å². The number of ether oxygens (including phenoxy) is 4. The Balaban J connectivity index is 1.39. The zero-order chi connectivity index (χ0) is 31.3. The molecule has 0 bridgehead atoms. The third-order valence-corrected chi connectivity index (χ3v) is 8.26. The summed E-state index contributed by atoms with van der Waals surface area (Å²) < 4.78 is 38.2. The molecule has 0 unspecified atom stereocenters. The monoisotopic (exact) mass is 637 g/mol. The average Bonchev–Trinajstić information content (AvgIpc) is 3.61. The van der Waals surface area contributed by atoms with Gasteiger partial charge in [0.25, 0.3) is 0 Å². The van der Waals surface area contributed by atoms with Gasteiger partial charge in [-0.2, -0.15) is 0 Å². The van der Waals surface area contributed by atoms with Gasteiger partial charge in [-0.1, -0.05) is 11.6 Å². The number of ketones is 1. The highest BCUT2D eigenvalue weighted by Crippen LogP contribution is 2.44. The molecule has 2 heterocycles. The first-order chi connectivity index (χ1) is 20.5. The first kappa shape index (κ1) is 31.8. The van der Waals surface area contributed by atoms with Crippen LogP contribution >= 0.6 is 22.9 Å². The lowest BCUT2D eigenvalue weighted by Crippen LogP contribution is -2.25.